The van der Waals surface area contributed by atoms with Gasteiger partial charge in [0.2, 0.25) is 5.88 Å². The van der Waals surface area contributed by atoms with Crippen LogP contribution in [0.25, 0.3) is 0 Å². The number of carbonyl (C=O) groups is 2. The van der Waals surface area contributed by atoms with E-state index in [0.717, 1.165) is 0 Å². The number of rotatable bonds is 6. The molecule has 1 unspecified atom stereocenters. The van der Waals surface area contributed by atoms with E-state index in [4.69, 9.17) is 24.7 Å². The molecule has 0 aliphatic carbocycles. The van der Waals surface area contributed by atoms with Gasteiger partial charge in [0.05, 0.1) is 30.8 Å². The van der Waals surface area contributed by atoms with Gasteiger partial charge in [-0.05, 0) is 55.8 Å². The number of nitrogens with zero attached hydrogens (tertiary/aromatic N) is 1. The van der Waals surface area contributed by atoms with Gasteiger partial charge in [0.15, 0.2) is 0 Å². The topological polar surface area (TPSA) is 121 Å². The van der Waals surface area contributed by atoms with E-state index < -0.39 is 17.9 Å². The van der Waals surface area contributed by atoms with Crippen molar-refractivity contribution in [3.63, 3.8) is 0 Å². The Labute approximate surface area is 185 Å². The molecular formula is C24H22N2O6. The second kappa shape index (κ2) is 9.71. The molecule has 164 valence electrons. The lowest BCUT2D eigenvalue weighted by Crippen LogP contribution is -2.25. The zero-order valence-corrected chi connectivity index (χ0v) is 17.9. The van der Waals surface area contributed by atoms with Crippen molar-refractivity contribution < 1.29 is 28.5 Å². The van der Waals surface area contributed by atoms with Crippen LogP contribution in [-0.2, 0) is 14.3 Å². The SMILES string of the molecule is CCOC(=O)C1=C(C)OC(N)=C(C#N)C1c1ccc(OC(=O)c2ccc(OC)cc2)cc1. The Morgan fingerprint density at radius 3 is 2.25 bits per heavy atom. The summed E-state index contributed by atoms with van der Waals surface area (Å²) in [4.78, 5) is 24.9. The number of hydrogen-bond acceptors (Lipinski definition) is 8. The van der Waals surface area contributed by atoms with Crippen molar-refractivity contribution in [1.29, 1.82) is 5.26 Å². The van der Waals surface area contributed by atoms with Crippen LogP contribution in [0.15, 0.2) is 71.3 Å². The number of carbonyl (C=O) groups excluding carboxylic acids is 2. The zero-order valence-electron chi connectivity index (χ0n) is 17.9. The molecule has 0 radical (unpaired) electrons. The van der Waals surface area contributed by atoms with Crippen molar-refractivity contribution in [3.8, 4) is 17.6 Å². The standard InChI is InChI=1S/C24H22N2O6/c1-4-30-24(28)20-14(2)31-22(26)19(13-25)21(20)15-5-11-18(12-6-15)32-23(27)16-7-9-17(29-3)10-8-16/h5-12,21H,4,26H2,1-3H3. The first-order valence-corrected chi connectivity index (χ1v) is 9.81. The third-order valence-corrected chi connectivity index (χ3v) is 4.85. The maximum Gasteiger partial charge on any atom is 0.343 e. The van der Waals surface area contributed by atoms with Gasteiger partial charge in [0.25, 0.3) is 0 Å². The van der Waals surface area contributed by atoms with Crippen molar-refractivity contribution in [2.45, 2.75) is 19.8 Å². The highest BCUT2D eigenvalue weighted by Gasteiger charge is 2.36. The fraction of sp³-hybridized carbons (Fsp3) is 0.208. The van der Waals surface area contributed by atoms with Gasteiger partial charge >= 0.3 is 11.9 Å². The number of benzene rings is 2. The molecule has 1 heterocycles. The fourth-order valence-corrected chi connectivity index (χ4v) is 3.31. The Hall–Kier alpha value is -4.25. The number of methoxy groups -OCH3 is 1. The Balaban J connectivity index is 1.87. The van der Waals surface area contributed by atoms with E-state index in [2.05, 4.69) is 0 Å². The Bertz CT molecular complexity index is 1120. The molecule has 8 heteroatoms. The molecule has 1 aliphatic rings. The number of allylic oxidation sites excluding steroid dienone is 2. The molecule has 0 amide bonds. The maximum atomic E-state index is 12.6. The quantitative estimate of drug-likeness (QED) is 0.541. The van der Waals surface area contributed by atoms with Gasteiger partial charge in [0, 0.05) is 0 Å². The normalized spacial score (nSPS) is 15.5. The highest BCUT2D eigenvalue weighted by atomic mass is 16.5. The molecule has 2 N–H and O–H groups in total. The highest BCUT2D eigenvalue weighted by Crippen LogP contribution is 2.40. The molecule has 0 bridgehead atoms. The van der Waals surface area contributed by atoms with Crippen LogP contribution in [0.1, 0.15) is 35.7 Å². The van der Waals surface area contributed by atoms with Gasteiger partial charge in [-0.3, -0.25) is 0 Å². The molecule has 2 aromatic carbocycles. The number of hydrogen-bond donors (Lipinski definition) is 1. The molecule has 0 saturated carbocycles. The summed E-state index contributed by atoms with van der Waals surface area (Å²) in [6, 6.07) is 15.0. The Morgan fingerprint density at radius 2 is 1.69 bits per heavy atom. The van der Waals surface area contributed by atoms with Crippen molar-refractivity contribution >= 4 is 11.9 Å². The molecule has 2 aromatic rings. The predicted octanol–water partition coefficient (Wildman–Crippen LogP) is 3.56. The molecule has 1 aliphatic heterocycles. The smallest absolute Gasteiger partial charge is 0.343 e. The predicted molar refractivity (Wildman–Crippen MR) is 114 cm³/mol. The van der Waals surface area contributed by atoms with E-state index >= 15 is 0 Å². The summed E-state index contributed by atoms with van der Waals surface area (Å²) in [5, 5.41) is 9.63. The summed E-state index contributed by atoms with van der Waals surface area (Å²) >= 11 is 0. The van der Waals surface area contributed by atoms with E-state index in [-0.39, 0.29) is 29.4 Å². The minimum Gasteiger partial charge on any atom is -0.497 e. The summed E-state index contributed by atoms with van der Waals surface area (Å²) in [6.07, 6.45) is 0. The third kappa shape index (κ3) is 4.57. The molecule has 0 aromatic heterocycles. The van der Waals surface area contributed by atoms with Gasteiger partial charge in [-0.25, -0.2) is 9.59 Å². The second-order valence-corrected chi connectivity index (χ2v) is 6.80. The lowest BCUT2D eigenvalue weighted by molar-refractivity contribution is -0.139. The molecule has 0 fully saturated rings. The van der Waals surface area contributed by atoms with Crippen LogP contribution in [0.5, 0.6) is 11.5 Å². The molecule has 8 nitrogen and oxygen atoms in total. The van der Waals surface area contributed by atoms with Crippen LogP contribution in [0, 0.1) is 11.3 Å². The van der Waals surface area contributed by atoms with E-state index in [9.17, 15) is 14.9 Å². The maximum absolute atomic E-state index is 12.6. The van der Waals surface area contributed by atoms with Crippen LogP contribution < -0.4 is 15.2 Å². The minimum absolute atomic E-state index is 0.0712. The summed E-state index contributed by atoms with van der Waals surface area (Å²) in [5.74, 6) is -0.766. The van der Waals surface area contributed by atoms with Crippen LogP contribution >= 0.6 is 0 Å². The average Bonchev–Trinajstić information content (AvgIpc) is 2.79. The molecule has 3 rings (SSSR count). The number of nitrogens with two attached hydrogens (primary N) is 1. The Morgan fingerprint density at radius 1 is 1.06 bits per heavy atom. The van der Waals surface area contributed by atoms with Gasteiger partial charge in [-0.2, -0.15) is 5.26 Å². The molecule has 0 saturated heterocycles. The van der Waals surface area contributed by atoms with Crippen LogP contribution in [0.3, 0.4) is 0 Å². The number of ether oxygens (including phenoxy) is 4. The van der Waals surface area contributed by atoms with Gasteiger partial charge in [-0.15, -0.1) is 0 Å². The first kappa shape index (κ1) is 22.4. The second-order valence-electron chi connectivity index (χ2n) is 6.80. The van der Waals surface area contributed by atoms with E-state index in [1.165, 1.54) is 7.11 Å². The van der Waals surface area contributed by atoms with E-state index in [1.807, 2.05) is 6.07 Å². The lowest BCUT2D eigenvalue weighted by atomic mass is 9.83. The van der Waals surface area contributed by atoms with Crippen LogP contribution in [-0.4, -0.2) is 25.7 Å². The average molecular weight is 434 g/mol. The van der Waals surface area contributed by atoms with Gasteiger partial charge in [-0.1, -0.05) is 12.1 Å². The monoisotopic (exact) mass is 434 g/mol. The van der Waals surface area contributed by atoms with Crippen LogP contribution in [0.2, 0.25) is 0 Å². The first-order valence-electron chi connectivity index (χ1n) is 9.81. The molecule has 1 atom stereocenters. The fourth-order valence-electron chi connectivity index (χ4n) is 3.31. The molecule has 32 heavy (non-hydrogen) atoms. The van der Waals surface area contributed by atoms with Crippen molar-refractivity contribution in [1.82, 2.24) is 0 Å². The summed E-state index contributed by atoms with van der Waals surface area (Å²) in [7, 11) is 1.54. The van der Waals surface area contributed by atoms with Crippen molar-refractivity contribution in [2.75, 3.05) is 13.7 Å². The van der Waals surface area contributed by atoms with E-state index in [1.54, 1.807) is 62.4 Å². The summed E-state index contributed by atoms with van der Waals surface area (Å²) in [6.45, 7) is 3.45. The summed E-state index contributed by atoms with van der Waals surface area (Å²) < 4.78 is 21.0. The van der Waals surface area contributed by atoms with Crippen LogP contribution in [0.4, 0.5) is 0 Å². The van der Waals surface area contributed by atoms with Gasteiger partial charge < -0.3 is 24.7 Å². The molecular weight excluding hydrogens is 412 g/mol. The third-order valence-electron chi connectivity index (χ3n) is 4.85. The van der Waals surface area contributed by atoms with E-state index in [0.29, 0.717) is 22.6 Å². The van der Waals surface area contributed by atoms with Crippen molar-refractivity contribution in [3.05, 3.63) is 82.4 Å². The highest BCUT2D eigenvalue weighted by molar-refractivity contribution is 5.93. The largest absolute Gasteiger partial charge is 0.497 e. The van der Waals surface area contributed by atoms with Crippen molar-refractivity contribution in [2.24, 2.45) is 5.73 Å². The zero-order chi connectivity index (χ0) is 23.3. The number of nitriles is 1. The lowest BCUT2D eigenvalue weighted by Gasteiger charge is -2.26. The Kier molecular flexibility index (Phi) is 6.80. The number of esters is 2. The first-order chi connectivity index (χ1) is 15.4. The molecule has 0 spiro atoms. The summed E-state index contributed by atoms with van der Waals surface area (Å²) in [5.41, 5.74) is 7.15. The van der Waals surface area contributed by atoms with Gasteiger partial charge in [0.1, 0.15) is 28.9 Å². The minimum atomic E-state index is -0.765.